The average Bonchev–Trinajstić information content (AvgIpc) is 2.73. The van der Waals surface area contributed by atoms with Crippen LogP contribution in [0.15, 0.2) is 12.4 Å². The molecule has 0 fully saturated rings. The molecule has 7 heteroatoms. The van der Waals surface area contributed by atoms with Crippen LogP contribution >= 0.6 is 0 Å². The van der Waals surface area contributed by atoms with Crippen LogP contribution in [-0.2, 0) is 13.1 Å². The van der Waals surface area contributed by atoms with E-state index in [4.69, 9.17) is 0 Å². The second-order valence-electron chi connectivity index (χ2n) is 4.06. The second-order valence-corrected chi connectivity index (χ2v) is 4.06. The molecule has 1 aliphatic rings. The maximum atomic E-state index is 12.8. The lowest BCUT2D eigenvalue weighted by atomic mass is 10.2. The van der Waals surface area contributed by atoms with Crippen molar-refractivity contribution >= 4 is 0 Å². The molecule has 1 aliphatic heterocycles. The van der Waals surface area contributed by atoms with Crippen LogP contribution in [0.25, 0.3) is 11.6 Å². The predicted octanol–water partition coefficient (Wildman–Crippen LogP) is 0.366. The minimum atomic E-state index is -0.456. The first-order valence-corrected chi connectivity index (χ1v) is 5.37. The standard InChI is InChI=1S/C10H11FN6/c1-6-5-17-8(4-12-6)15-16-10(17)9-13-2-7(11)3-14-9/h2-3,6,12H,4-5H2,1H3. The van der Waals surface area contributed by atoms with Crippen LogP contribution in [0.4, 0.5) is 4.39 Å². The van der Waals surface area contributed by atoms with Crippen LogP contribution in [0.5, 0.6) is 0 Å². The van der Waals surface area contributed by atoms with Gasteiger partial charge in [0.05, 0.1) is 18.9 Å². The SMILES string of the molecule is CC1Cn2c(nnc2-c2ncc(F)cn2)CN1. The van der Waals surface area contributed by atoms with Gasteiger partial charge in [-0.05, 0) is 6.92 Å². The van der Waals surface area contributed by atoms with Crippen LogP contribution in [-0.4, -0.2) is 30.8 Å². The van der Waals surface area contributed by atoms with E-state index in [0.29, 0.717) is 24.2 Å². The van der Waals surface area contributed by atoms with E-state index in [0.717, 1.165) is 24.8 Å². The summed E-state index contributed by atoms with van der Waals surface area (Å²) in [6.45, 7) is 3.52. The Morgan fingerprint density at radius 2 is 2.12 bits per heavy atom. The summed E-state index contributed by atoms with van der Waals surface area (Å²) in [7, 11) is 0. The molecule has 17 heavy (non-hydrogen) atoms. The van der Waals surface area contributed by atoms with Gasteiger partial charge >= 0.3 is 0 Å². The quantitative estimate of drug-likeness (QED) is 0.771. The van der Waals surface area contributed by atoms with Gasteiger partial charge in [0.25, 0.3) is 0 Å². The number of halogens is 1. The number of nitrogens with one attached hydrogen (secondary N) is 1. The highest BCUT2D eigenvalue weighted by atomic mass is 19.1. The molecule has 3 rings (SSSR count). The fourth-order valence-electron chi connectivity index (χ4n) is 1.86. The highest BCUT2D eigenvalue weighted by molar-refractivity contribution is 5.43. The first-order chi connectivity index (χ1) is 8.24. The third-order valence-corrected chi connectivity index (χ3v) is 2.71. The zero-order valence-electron chi connectivity index (χ0n) is 9.26. The summed E-state index contributed by atoms with van der Waals surface area (Å²) >= 11 is 0. The Morgan fingerprint density at radius 1 is 1.35 bits per heavy atom. The first kappa shape index (κ1) is 10.3. The molecule has 6 nitrogen and oxygen atoms in total. The van der Waals surface area contributed by atoms with E-state index in [1.807, 2.05) is 4.57 Å². The monoisotopic (exact) mass is 234 g/mol. The Labute approximate surface area is 96.9 Å². The number of aromatic nitrogens is 5. The van der Waals surface area contributed by atoms with Gasteiger partial charge in [0, 0.05) is 12.6 Å². The van der Waals surface area contributed by atoms with Crippen molar-refractivity contribution < 1.29 is 4.39 Å². The fraction of sp³-hybridized carbons (Fsp3) is 0.400. The molecule has 88 valence electrons. The van der Waals surface area contributed by atoms with Crippen molar-refractivity contribution in [3.63, 3.8) is 0 Å². The van der Waals surface area contributed by atoms with E-state index in [1.165, 1.54) is 0 Å². The topological polar surface area (TPSA) is 68.5 Å². The summed E-state index contributed by atoms with van der Waals surface area (Å²) in [4.78, 5) is 7.85. The van der Waals surface area contributed by atoms with E-state index >= 15 is 0 Å². The summed E-state index contributed by atoms with van der Waals surface area (Å²) in [5.41, 5.74) is 0. The summed E-state index contributed by atoms with van der Waals surface area (Å²) in [6.07, 6.45) is 2.27. The van der Waals surface area contributed by atoms with Crippen molar-refractivity contribution in [1.82, 2.24) is 30.0 Å². The first-order valence-electron chi connectivity index (χ1n) is 5.37. The van der Waals surface area contributed by atoms with E-state index < -0.39 is 5.82 Å². The molecule has 0 aromatic carbocycles. The van der Waals surface area contributed by atoms with Gasteiger partial charge in [-0.25, -0.2) is 14.4 Å². The molecule has 1 unspecified atom stereocenters. The molecule has 2 aromatic rings. The van der Waals surface area contributed by atoms with E-state index in [2.05, 4.69) is 32.4 Å². The van der Waals surface area contributed by atoms with Gasteiger partial charge < -0.3 is 9.88 Å². The molecule has 2 aromatic heterocycles. The van der Waals surface area contributed by atoms with E-state index in [9.17, 15) is 4.39 Å². The van der Waals surface area contributed by atoms with Gasteiger partial charge in [0.15, 0.2) is 11.6 Å². The van der Waals surface area contributed by atoms with Crippen LogP contribution in [0.2, 0.25) is 0 Å². The van der Waals surface area contributed by atoms with Gasteiger partial charge in [-0.2, -0.15) is 0 Å². The zero-order valence-corrected chi connectivity index (χ0v) is 9.26. The smallest absolute Gasteiger partial charge is 0.201 e. The lowest BCUT2D eigenvalue weighted by Crippen LogP contribution is -2.36. The Balaban J connectivity index is 2.04. The molecule has 1 atom stereocenters. The maximum absolute atomic E-state index is 12.8. The molecule has 0 radical (unpaired) electrons. The van der Waals surface area contributed by atoms with Crippen molar-refractivity contribution in [3.8, 4) is 11.6 Å². The summed E-state index contributed by atoms with van der Waals surface area (Å²) in [5.74, 6) is 1.39. The zero-order chi connectivity index (χ0) is 11.8. The van der Waals surface area contributed by atoms with Gasteiger partial charge in [0.2, 0.25) is 5.82 Å². The fourth-order valence-corrected chi connectivity index (χ4v) is 1.86. The molecular weight excluding hydrogens is 223 g/mol. The number of hydrogen-bond donors (Lipinski definition) is 1. The third kappa shape index (κ3) is 1.78. The molecule has 0 amide bonds. The molecule has 0 saturated carbocycles. The third-order valence-electron chi connectivity index (χ3n) is 2.71. The lowest BCUT2D eigenvalue weighted by Gasteiger charge is -2.21. The molecule has 0 bridgehead atoms. The Bertz CT molecular complexity index is 534. The van der Waals surface area contributed by atoms with Crippen molar-refractivity contribution in [2.75, 3.05) is 0 Å². The Morgan fingerprint density at radius 3 is 2.88 bits per heavy atom. The van der Waals surface area contributed by atoms with Crippen molar-refractivity contribution in [2.24, 2.45) is 0 Å². The molecule has 0 saturated heterocycles. The van der Waals surface area contributed by atoms with E-state index in [1.54, 1.807) is 0 Å². The minimum absolute atomic E-state index is 0.345. The average molecular weight is 234 g/mol. The van der Waals surface area contributed by atoms with E-state index in [-0.39, 0.29) is 0 Å². The summed E-state index contributed by atoms with van der Waals surface area (Å²) < 4.78 is 14.7. The van der Waals surface area contributed by atoms with Gasteiger partial charge in [0.1, 0.15) is 5.82 Å². The second kappa shape index (κ2) is 3.85. The lowest BCUT2D eigenvalue weighted by molar-refractivity contribution is 0.411. The number of nitrogens with zero attached hydrogens (tertiary/aromatic N) is 5. The molecule has 0 spiro atoms. The van der Waals surface area contributed by atoms with Crippen molar-refractivity contribution in [3.05, 3.63) is 24.0 Å². The number of rotatable bonds is 1. The number of hydrogen-bond acceptors (Lipinski definition) is 5. The van der Waals surface area contributed by atoms with Crippen molar-refractivity contribution in [1.29, 1.82) is 0 Å². The summed E-state index contributed by atoms with van der Waals surface area (Å²) in [5, 5.41) is 11.4. The highest BCUT2D eigenvalue weighted by Gasteiger charge is 2.21. The Kier molecular flexibility index (Phi) is 2.32. The molecular formula is C10H11FN6. The summed E-state index contributed by atoms with van der Waals surface area (Å²) in [6, 6.07) is 0.345. The maximum Gasteiger partial charge on any atom is 0.201 e. The van der Waals surface area contributed by atoms with Gasteiger partial charge in [-0.1, -0.05) is 0 Å². The molecule has 0 aliphatic carbocycles. The Hall–Kier alpha value is -1.89. The van der Waals surface area contributed by atoms with Crippen LogP contribution in [0, 0.1) is 5.82 Å². The minimum Gasteiger partial charge on any atom is -0.306 e. The van der Waals surface area contributed by atoms with Gasteiger partial charge in [-0.15, -0.1) is 10.2 Å². The largest absolute Gasteiger partial charge is 0.306 e. The number of fused-ring (bicyclic) bond motifs is 1. The van der Waals surface area contributed by atoms with Crippen LogP contribution in [0.1, 0.15) is 12.7 Å². The van der Waals surface area contributed by atoms with Crippen LogP contribution < -0.4 is 5.32 Å². The molecule has 3 heterocycles. The van der Waals surface area contributed by atoms with Crippen molar-refractivity contribution in [2.45, 2.75) is 26.1 Å². The molecule has 1 N–H and O–H groups in total. The van der Waals surface area contributed by atoms with Crippen LogP contribution in [0.3, 0.4) is 0 Å². The predicted molar refractivity (Wildman–Crippen MR) is 57.3 cm³/mol. The highest BCUT2D eigenvalue weighted by Crippen LogP contribution is 2.16. The van der Waals surface area contributed by atoms with Gasteiger partial charge in [-0.3, -0.25) is 0 Å². The normalized spacial score (nSPS) is 19.1.